The molecule has 1 rings (SSSR count). The van der Waals surface area contributed by atoms with Gasteiger partial charge in [0.15, 0.2) is 0 Å². The summed E-state index contributed by atoms with van der Waals surface area (Å²) in [5, 5.41) is 4.94. The monoisotopic (exact) mass is 293 g/mol. The third-order valence-corrected chi connectivity index (χ3v) is 3.46. The molecule has 1 aromatic rings. The van der Waals surface area contributed by atoms with Crippen LogP contribution in [0.3, 0.4) is 0 Å². The molecule has 4 nitrogen and oxygen atoms in total. The van der Waals surface area contributed by atoms with Crippen molar-refractivity contribution in [2.24, 2.45) is 11.7 Å². The first-order valence-corrected chi connectivity index (χ1v) is 7.60. The minimum absolute atomic E-state index is 0.0703. The highest BCUT2D eigenvalue weighted by molar-refractivity contribution is 7.10. The van der Waals surface area contributed by atoms with Gasteiger partial charge in [-0.2, -0.15) is 0 Å². The highest BCUT2D eigenvalue weighted by atomic mass is 32.1. The van der Waals surface area contributed by atoms with E-state index in [0.29, 0.717) is 19.0 Å². The van der Waals surface area contributed by atoms with E-state index in [1.54, 1.807) is 11.3 Å². The average Bonchev–Trinajstić information content (AvgIpc) is 2.81. The number of nitrogens with zero attached hydrogens (tertiary/aromatic N) is 1. The third kappa shape index (κ3) is 6.71. The van der Waals surface area contributed by atoms with Gasteiger partial charge in [0.1, 0.15) is 0 Å². The Morgan fingerprint density at radius 3 is 2.95 bits per heavy atom. The van der Waals surface area contributed by atoms with Crippen molar-refractivity contribution in [2.45, 2.75) is 20.4 Å². The number of thiophene rings is 1. The normalized spacial score (nSPS) is 10.5. The van der Waals surface area contributed by atoms with Gasteiger partial charge in [0.2, 0.25) is 5.91 Å². The molecule has 3 N–H and O–H groups in total. The number of likely N-dealkylation sites (N-methyl/N-ethyl adjacent to an activating group) is 1. The summed E-state index contributed by atoms with van der Waals surface area (Å²) in [6.45, 7) is 6.43. The van der Waals surface area contributed by atoms with Crippen LogP contribution in [0.15, 0.2) is 11.4 Å². The van der Waals surface area contributed by atoms with Crippen LogP contribution < -0.4 is 11.1 Å². The number of nitrogens with two attached hydrogens (primary N) is 1. The maximum absolute atomic E-state index is 11.7. The van der Waals surface area contributed by atoms with Crippen molar-refractivity contribution in [3.8, 4) is 11.8 Å². The zero-order valence-electron chi connectivity index (χ0n) is 12.4. The maximum atomic E-state index is 11.7. The molecule has 110 valence electrons. The Morgan fingerprint density at radius 2 is 2.30 bits per heavy atom. The first-order valence-electron chi connectivity index (χ1n) is 6.73. The predicted molar refractivity (Wildman–Crippen MR) is 84.4 cm³/mol. The third-order valence-electron chi connectivity index (χ3n) is 2.54. The zero-order valence-corrected chi connectivity index (χ0v) is 13.2. The van der Waals surface area contributed by atoms with Crippen molar-refractivity contribution < 1.29 is 4.79 Å². The highest BCUT2D eigenvalue weighted by Crippen LogP contribution is 2.15. The first-order chi connectivity index (χ1) is 9.51. The van der Waals surface area contributed by atoms with Gasteiger partial charge in [0, 0.05) is 28.9 Å². The summed E-state index contributed by atoms with van der Waals surface area (Å²) < 4.78 is 0. The lowest BCUT2D eigenvalue weighted by Gasteiger charge is -2.15. The fourth-order valence-corrected chi connectivity index (χ4v) is 2.52. The molecule has 1 aromatic heterocycles. The van der Waals surface area contributed by atoms with E-state index in [9.17, 15) is 4.79 Å². The van der Waals surface area contributed by atoms with Crippen molar-refractivity contribution >= 4 is 17.2 Å². The second-order valence-corrected chi connectivity index (χ2v) is 6.17. The minimum Gasteiger partial charge on any atom is -0.355 e. The van der Waals surface area contributed by atoms with Crippen LogP contribution in [0.25, 0.3) is 0 Å². The predicted octanol–water partition coefficient (Wildman–Crippen LogP) is 1.26. The van der Waals surface area contributed by atoms with E-state index < -0.39 is 0 Å². The molecule has 20 heavy (non-hydrogen) atoms. The lowest BCUT2D eigenvalue weighted by atomic mass is 10.2. The van der Waals surface area contributed by atoms with Crippen molar-refractivity contribution in [3.63, 3.8) is 0 Å². The smallest absolute Gasteiger partial charge is 0.234 e. The van der Waals surface area contributed by atoms with Gasteiger partial charge >= 0.3 is 0 Å². The van der Waals surface area contributed by atoms with E-state index in [-0.39, 0.29) is 5.91 Å². The number of nitrogens with one attached hydrogen (secondary N) is 1. The Morgan fingerprint density at radius 1 is 1.55 bits per heavy atom. The molecule has 1 amide bonds. The summed E-state index contributed by atoms with van der Waals surface area (Å²) >= 11 is 1.66. The fourth-order valence-electron chi connectivity index (χ4n) is 1.62. The molecule has 0 unspecified atom stereocenters. The zero-order chi connectivity index (χ0) is 15.0. The van der Waals surface area contributed by atoms with E-state index in [1.807, 2.05) is 17.3 Å². The molecule has 0 aliphatic rings. The van der Waals surface area contributed by atoms with Crippen molar-refractivity contribution in [3.05, 3.63) is 21.9 Å². The van der Waals surface area contributed by atoms with Gasteiger partial charge in [-0.25, -0.2) is 0 Å². The van der Waals surface area contributed by atoms with Gasteiger partial charge in [-0.3, -0.25) is 9.69 Å². The van der Waals surface area contributed by atoms with E-state index >= 15 is 0 Å². The summed E-state index contributed by atoms with van der Waals surface area (Å²) in [5.74, 6) is 6.39. The van der Waals surface area contributed by atoms with Crippen LogP contribution in [0.2, 0.25) is 0 Å². The van der Waals surface area contributed by atoms with Crippen molar-refractivity contribution in [2.75, 3.05) is 26.7 Å². The minimum atomic E-state index is 0.0703. The number of hydrogen-bond acceptors (Lipinski definition) is 4. The van der Waals surface area contributed by atoms with Crippen LogP contribution in [-0.4, -0.2) is 37.5 Å². The first kappa shape index (κ1) is 16.7. The van der Waals surface area contributed by atoms with E-state index in [0.717, 1.165) is 18.7 Å². The Labute approximate surface area is 125 Å². The Hall–Kier alpha value is -1.35. The molecule has 0 saturated carbocycles. The van der Waals surface area contributed by atoms with Crippen LogP contribution >= 0.6 is 11.3 Å². The van der Waals surface area contributed by atoms with Gasteiger partial charge in [0.05, 0.1) is 13.1 Å². The van der Waals surface area contributed by atoms with Crippen LogP contribution in [0, 0.1) is 17.8 Å². The maximum Gasteiger partial charge on any atom is 0.234 e. The van der Waals surface area contributed by atoms with Crippen LogP contribution in [0.5, 0.6) is 0 Å². The van der Waals surface area contributed by atoms with E-state index in [1.165, 1.54) is 4.88 Å². The average molecular weight is 293 g/mol. The number of rotatable bonds is 6. The van der Waals surface area contributed by atoms with Gasteiger partial charge in [-0.1, -0.05) is 25.7 Å². The van der Waals surface area contributed by atoms with Crippen molar-refractivity contribution in [1.29, 1.82) is 0 Å². The number of amides is 1. The molecule has 1 heterocycles. The number of carbonyl (C=O) groups excluding carboxylic acids is 1. The quantitative estimate of drug-likeness (QED) is 0.776. The van der Waals surface area contributed by atoms with Gasteiger partial charge < -0.3 is 11.1 Å². The SMILES string of the molecule is CC(C)CNC(=O)CN(C)Cc1cc(C#CCN)cs1. The molecule has 0 atom stereocenters. The molecule has 0 fully saturated rings. The molecule has 0 aromatic carbocycles. The van der Waals surface area contributed by atoms with Crippen LogP contribution in [0.4, 0.5) is 0 Å². The fraction of sp³-hybridized carbons (Fsp3) is 0.533. The summed E-state index contributed by atoms with van der Waals surface area (Å²) in [6, 6.07) is 2.05. The van der Waals surface area contributed by atoms with E-state index in [2.05, 4.69) is 37.1 Å². The molecule has 0 spiro atoms. The standard InChI is InChI=1S/C15H23N3OS/c1-12(2)8-17-15(19)10-18(3)9-14-7-13(11-20-14)5-4-6-16/h7,11-12H,6,8-10,16H2,1-3H3,(H,17,19). The summed E-state index contributed by atoms with van der Waals surface area (Å²) in [5.41, 5.74) is 6.34. The topological polar surface area (TPSA) is 58.4 Å². The second-order valence-electron chi connectivity index (χ2n) is 5.18. The molecular weight excluding hydrogens is 270 g/mol. The molecule has 0 bridgehead atoms. The van der Waals surface area contributed by atoms with Crippen molar-refractivity contribution in [1.82, 2.24) is 10.2 Å². The molecule has 0 radical (unpaired) electrons. The molecule has 0 aliphatic carbocycles. The summed E-state index contributed by atoms with van der Waals surface area (Å²) in [6.07, 6.45) is 0. The number of hydrogen-bond donors (Lipinski definition) is 2. The largest absolute Gasteiger partial charge is 0.355 e. The van der Waals surface area contributed by atoms with E-state index in [4.69, 9.17) is 5.73 Å². The Balaban J connectivity index is 2.40. The summed E-state index contributed by atoms with van der Waals surface area (Å²) in [7, 11) is 1.94. The number of carbonyl (C=O) groups is 1. The lowest BCUT2D eigenvalue weighted by Crippen LogP contribution is -2.36. The summed E-state index contributed by atoms with van der Waals surface area (Å²) in [4.78, 5) is 14.9. The molecule has 0 saturated heterocycles. The van der Waals surface area contributed by atoms with Gasteiger partial charge in [-0.05, 0) is 19.0 Å². The lowest BCUT2D eigenvalue weighted by molar-refractivity contribution is -0.122. The van der Waals surface area contributed by atoms with Gasteiger partial charge in [-0.15, -0.1) is 11.3 Å². The Bertz CT molecular complexity index is 485. The Kier molecular flexibility index (Phi) is 7.31. The molecular formula is C15H23N3OS. The van der Waals surface area contributed by atoms with Crippen LogP contribution in [0.1, 0.15) is 24.3 Å². The van der Waals surface area contributed by atoms with Crippen LogP contribution in [-0.2, 0) is 11.3 Å². The molecule has 0 aliphatic heterocycles. The molecule has 5 heteroatoms. The van der Waals surface area contributed by atoms with Gasteiger partial charge in [0.25, 0.3) is 0 Å². The second kappa shape index (κ2) is 8.75. The highest BCUT2D eigenvalue weighted by Gasteiger charge is 2.08.